The predicted molar refractivity (Wildman–Crippen MR) is 62.3 cm³/mol. The summed E-state index contributed by atoms with van der Waals surface area (Å²) in [6.07, 6.45) is 3.95. The van der Waals surface area contributed by atoms with Crippen LogP contribution in [0.1, 0.15) is 30.7 Å². The molecule has 0 aromatic carbocycles. The first-order chi connectivity index (χ1) is 7.25. The number of nitrogens with zero attached hydrogens (tertiary/aromatic N) is 1. The van der Waals surface area contributed by atoms with Gasteiger partial charge in [0.25, 0.3) is 5.22 Å². The van der Waals surface area contributed by atoms with Crippen LogP contribution in [0, 0.1) is 13.8 Å². The first kappa shape index (κ1) is 11.0. The molecule has 1 aromatic rings. The van der Waals surface area contributed by atoms with E-state index < -0.39 is 0 Å². The summed E-state index contributed by atoms with van der Waals surface area (Å²) in [6, 6.07) is 0.635. The fourth-order valence-corrected chi connectivity index (χ4v) is 2.76. The molecule has 1 aliphatic heterocycles. The summed E-state index contributed by atoms with van der Waals surface area (Å²) in [6.45, 7) is 5.11. The fourth-order valence-electron chi connectivity index (χ4n) is 1.74. The second-order valence-corrected chi connectivity index (χ2v) is 5.05. The molecule has 84 valence electrons. The van der Waals surface area contributed by atoms with Gasteiger partial charge in [-0.25, -0.2) is 4.98 Å². The monoisotopic (exact) mass is 226 g/mol. The zero-order valence-corrected chi connectivity index (χ0v) is 10.2. The minimum Gasteiger partial charge on any atom is -0.437 e. The number of aromatic nitrogens is 1. The Balaban J connectivity index is 1.81. The van der Waals surface area contributed by atoms with Crippen LogP contribution < -0.4 is 5.32 Å². The summed E-state index contributed by atoms with van der Waals surface area (Å²) in [5.41, 5.74) is 1.01. The van der Waals surface area contributed by atoms with Crippen molar-refractivity contribution in [2.24, 2.45) is 0 Å². The van der Waals surface area contributed by atoms with Crippen molar-refractivity contribution < 1.29 is 4.42 Å². The molecule has 0 bridgehead atoms. The summed E-state index contributed by atoms with van der Waals surface area (Å²) in [5, 5.41) is 4.34. The average Bonchev–Trinajstić information content (AvgIpc) is 2.57. The summed E-state index contributed by atoms with van der Waals surface area (Å²) >= 11 is 1.72. The molecule has 2 rings (SSSR count). The van der Waals surface area contributed by atoms with Crippen LogP contribution in [0.3, 0.4) is 0 Å². The number of nitrogens with one attached hydrogen (secondary N) is 1. The van der Waals surface area contributed by atoms with Crippen LogP contribution in [0.4, 0.5) is 0 Å². The molecule has 1 N–H and O–H groups in total. The Labute approximate surface area is 95.0 Å². The molecule has 0 amide bonds. The van der Waals surface area contributed by atoms with Crippen LogP contribution in [-0.2, 0) is 0 Å². The van der Waals surface area contributed by atoms with E-state index in [2.05, 4.69) is 10.3 Å². The molecule has 2 heterocycles. The quantitative estimate of drug-likeness (QED) is 0.804. The molecule has 3 nitrogen and oxygen atoms in total. The molecule has 15 heavy (non-hydrogen) atoms. The zero-order valence-electron chi connectivity index (χ0n) is 9.38. The maximum absolute atomic E-state index is 5.53. The molecule has 1 aliphatic rings. The Hall–Kier alpha value is -0.480. The SMILES string of the molecule is Cc1nc(SCC2CCCCN2)oc1C. The molecule has 1 unspecified atom stereocenters. The van der Waals surface area contributed by atoms with Gasteiger partial charge >= 0.3 is 0 Å². The van der Waals surface area contributed by atoms with Gasteiger partial charge in [0.1, 0.15) is 5.76 Å². The van der Waals surface area contributed by atoms with E-state index in [-0.39, 0.29) is 0 Å². The van der Waals surface area contributed by atoms with Gasteiger partial charge in [-0.1, -0.05) is 18.2 Å². The molecule has 0 radical (unpaired) electrons. The number of hydrogen-bond acceptors (Lipinski definition) is 4. The van der Waals surface area contributed by atoms with Crippen LogP contribution in [0.15, 0.2) is 9.64 Å². The molecule has 1 saturated heterocycles. The third kappa shape index (κ3) is 2.98. The summed E-state index contributed by atoms with van der Waals surface area (Å²) < 4.78 is 5.53. The van der Waals surface area contributed by atoms with Crippen molar-refractivity contribution in [3.63, 3.8) is 0 Å². The predicted octanol–water partition coefficient (Wildman–Crippen LogP) is 2.53. The van der Waals surface area contributed by atoms with Crippen molar-refractivity contribution >= 4 is 11.8 Å². The Morgan fingerprint density at radius 1 is 1.47 bits per heavy atom. The topological polar surface area (TPSA) is 38.1 Å². The smallest absolute Gasteiger partial charge is 0.256 e. The van der Waals surface area contributed by atoms with Crippen LogP contribution in [0.5, 0.6) is 0 Å². The lowest BCUT2D eigenvalue weighted by molar-refractivity contribution is 0.419. The van der Waals surface area contributed by atoms with E-state index in [4.69, 9.17) is 4.42 Å². The lowest BCUT2D eigenvalue weighted by Gasteiger charge is -2.22. The van der Waals surface area contributed by atoms with E-state index in [1.165, 1.54) is 19.3 Å². The van der Waals surface area contributed by atoms with E-state index in [1.807, 2.05) is 13.8 Å². The Morgan fingerprint density at radius 2 is 2.33 bits per heavy atom. The summed E-state index contributed by atoms with van der Waals surface area (Å²) in [5.74, 6) is 2.01. The first-order valence-corrected chi connectivity index (χ1v) is 6.54. The van der Waals surface area contributed by atoms with Gasteiger partial charge in [0.2, 0.25) is 0 Å². The third-order valence-electron chi connectivity index (χ3n) is 2.83. The van der Waals surface area contributed by atoms with Crippen LogP contribution in [0.2, 0.25) is 0 Å². The molecule has 0 saturated carbocycles. The molecule has 1 aromatic heterocycles. The van der Waals surface area contributed by atoms with Gasteiger partial charge in [0, 0.05) is 11.8 Å². The number of aryl methyl sites for hydroxylation is 2. The Morgan fingerprint density at radius 3 is 2.93 bits per heavy atom. The molecule has 0 aliphatic carbocycles. The second-order valence-electron chi connectivity index (χ2n) is 4.08. The lowest BCUT2D eigenvalue weighted by atomic mass is 10.1. The largest absolute Gasteiger partial charge is 0.437 e. The highest BCUT2D eigenvalue weighted by Gasteiger charge is 2.14. The molecular weight excluding hydrogens is 208 g/mol. The van der Waals surface area contributed by atoms with Gasteiger partial charge in [-0.05, 0) is 33.2 Å². The average molecular weight is 226 g/mol. The fraction of sp³-hybridized carbons (Fsp3) is 0.727. The highest BCUT2D eigenvalue weighted by molar-refractivity contribution is 7.99. The minimum absolute atomic E-state index is 0.635. The number of hydrogen-bond donors (Lipinski definition) is 1. The van der Waals surface area contributed by atoms with Gasteiger partial charge < -0.3 is 9.73 Å². The van der Waals surface area contributed by atoms with Gasteiger partial charge in [0.05, 0.1) is 5.69 Å². The van der Waals surface area contributed by atoms with E-state index in [0.717, 1.165) is 29.0 Å². The number of rotatable bonds is 3. The second kappa shape index (κ2) is 5.03. The number of piperidine rings is 1. The Bertz CT molecular complexity index is 299. The lowest BCUT2D eigenvalue weighted by Crippen LogP contribution is -2.35. The summed E-state index contributed by atoms with van der Waals surface area (Å²) in [7, 11) is 0. The maximum atomic E-state index is 5.53. The molecule has 4 heteroatoms. The highest BCUT2D eigenvalue weighted by atomic mass is 32.2. The highest BCUT2D eigenvalue weighted by Crippen LogP contribution is 2.22. The number of thioether (sulfide) groups is 1. The van der Waals surface area contributed by atoms with Crippen molar-refractivity contribution in [2.75, 3.05) is 12.3 Å². The van der Waals surface area contributed by atoms with Gasteiger partial charge in [-0.3, -0.25) is 0 Å². The van der Waals surface area contributed by atoms with Crippen LogP contribution >= 0.6 is 11.8 Å². The van der Waals surface area contributed by atoms with Crippen molar-refractivity contribution in [2.45, 2.75) is 44.4 Å². The standard InChI is InChI=1S/C11H18N2OS/c1-8-9(2)14-11(13-8)15-7-10-5-3-4-6-12-10/h10,12H,3-7H2,1-2H3. The van der Waals surface area contributed by atoms with Crippen molar-refractivity contribution in [3.8, 4) is 0 Å². The van der Waals surface area contributed by atoms with Crippen molar-refractivity contribution in [3.05, 3.63) is 11.5 Å². The Kier molecular flexibility index (Phi) is 3.70. The molecular formula is C11H18N2OS. The van der Waals surface area contributed by atoms with Crippen LogP contribution in [0.25, 0.3) is 0 Å². The van der Waals surface area contributed by atoms with Crippen molar-refractivity contribution in [1.29, 1.82) is 0 Å². The molecule has 0 spiro atoms. The van der Waals surface area contributed by atoms with E-state index in [1.54, 1.807) is 11.8 Å². The van der Waals surface area contributed by atoms with E-state index in [9.17, 15) is 0 Å². The van der Waals surface area contributed by atoms with Gasteiger partial charge in [-0.15, -0.1) is 0 Å². The third-order valence-corrected chi connectivity index (χ3v) is 3.82. The minimum atomic E-state index is 0.635. The van der Waals surface area contributed by atoms with E-state index in [0.29, 0.717) is 6.04 Å². The van der Waals surface area contributed by atoms with Gasteiger partial charge in [-0.2, -0.15) is 0 Å². The molecule has 1 fully saturated rings. The number of oxazole rings is 1. The van der Waals surface area contributed by atoms with Crippen LogP contribution in [-0.4, -0.2) is 23.3 Å². The maximum Gasteiger partial charge on any atom is 0.256 e. The van der Waals surface area contributed by atoms with Crippen molar-refractivity contribution in [1.82, 2.24) is 10.3 Å². The molecule has 1 atom stereocenters. The zero-order chi connectivity index (χ0) is 10.7. The van der Waals surface area contributed by atoms with Gasteiger partial charge in [0.15, 0.2) is 0 Å². The first-order valence-electron chi connectivity index (χ1n) is 5.56. The van der Waals surface area contributed by atoms with E-state index >= 15 is 0 Å². The summed E-state index contributed by atoms with van der Waals surface area (Å²) in [4.78, 5) is 4.36. The normalized spacial score (nSPS) is 21.9.